The van der Waals surface area contributed by atoms with Crippen molar-refractivity contribution < 1.29 is 9.18 Å². The van der Waals surface area contributed by atoms with Crippen LogP contribution >= 0.6 is 0 Å². The van der Waals surface area contributed by atoms with Crippen molar-refractivity contribution in [2.45, 2.75) is 45.2 Å². The van der Waals surface area contributed by atoms with Crippen LogP contribution in [0.5, 0.6) is 0 Å². The summed E-state index contributed by atoms with van der Waals surface area (Å²) in [4.78, 5) is 19.3. The first-order valence-electron chi connectivity index (χ1n) is 11.1. The highest BCUT2D eigenvalue weighted by Gasteiger charge is 2.32. The normalized spacial score (nSPS) is 17.1. The lowest BCUT2D eigenvalue weighted by Gasteiger charge is -2.37. The van der Waals surface area contributed by atoms with Crippen LogP contribution in [0.2, 0.25) is 0 Å². The Morgan fingerprint density at radius 3 is 2.30 bits per heavy atom. The fraction of sp³-hybridized carbons (Fsp3) is 0.480. The van der Waals surface area contributed by atoms with Crippen molar-refractivity contribution in [1.82, 2.24) is 9.80 Å². The van der Waals surface area contributed by atoms with Crippen molar-refractivity contribution in [1.29, 1.82) is 0 Å². The highest BCUT2D eigenvalue weighted by Crippen LogP contribution is 2.29. The Balaban J connectivity index is 1.32. The Hall–Kier alpha value is -2.40. The Labute approximate surface area is 179 Å². The van der Waals surface area contributed by atoms with Crippen LogP contribution in [0.3, 0.4) is 0 Å². The Morgan fingerprint density at radius 1 is 1.03 bits per heavy atom. The molecule has 1 aliphatic heterocycles. The van der Waals surface area contributed by atoms with E-state index >= 15 is 0 Å². The summed E-state index contributed by atoms with van der Waals surface area (Å²) in [5.74, 6) is 0.526. The predicted molar refractivity (Wildman–Crippen MR) is 119 cm³/mol. The fourth-order valence-corrected chi connectivity index (χ4v) is 4.17. The van der Waals surface area contributed by atoms with E-state index in [4.69, 9.17) is 0 Å². The number of anilines is 1. The molecule has 0 aromatic heterocycles. The Bertz CT molecular complexity index is 855. The van der Waals surface area contributed by atoms with Crippen LogP contribution in [0.25, 0.3) is 0 Å². The molecule has 0 bridgehead atoms. The molecule has 5 heteroatoms. The first-order chi connectivity index (χ1) is 14.5. The molecule has 0 radical (unpaired) electrons. The third-order valence-corrected chi connectivity index (χ3v) is 6.26. The van der Waals surface area contributed by atoms with E-state index in [0.29, 0.717) is 50.4 Å². The first kappa shape index (κ1) is 20.9. The zero-order chi connectivity index (χ0) is 21.1. The van der Waals surface area contributed by atoms with Gasteiger partial charge in [0.1, 0.15) is 5.82 Å². The summed E-state index contributed by atoms with van der Waals surface area (Å²) in [6, 6.07) is 16.2. The molecular weight excluding hydrogens is 377 g/mol. The van der Waals surface area contributed by atoms with Gasteiger partial charge in [0, 0.05) is 38.8 Å². The number of halogens is 1. The van der Waals surface area contributed by atoms with Gasteiger partial charge in [-0.05, 0) is 42.0 Å². The van der Waals surface area contributed by atoms with Gasteiger partial charge in [-0.2, -0.15) is 0 Å². The topological polar surface area (TPSA) is 26.8 Å². The highest BCUT2D eigenvalue weighted by molar-refractivity contribution is 5.78. The summed E-state index contributed by atoms with van der Waals surface area (Å²) in [5.41, 5.74) is 3.25. The van der Waals surface area contributed by atoms with Crippen LogP contribution in [0, 0.1) is 5.82 Å². The van der Waals surface area contributed by atoms with Crippen molar-refractivity contribution in [2.75, 3.05) is 37.6 Å². The SMILES string of the molecule is CC(C)c1ccc(CN(CC(=O)N2CCN(c3ccccc3F)CC2)C2CC2)cc1. The van der Waals surface area contributed by atoms with Crippen LogP contribution in [0.4, 0.5) is 10.1 Å². The number of rotatable bonds is 7. The van der Waals surface area contributed by atoms with Crippen LogP contribution in [-0.4, -0.2) is 54.5 Å². The van der Waals surface area contributed by atoms with E-state index in [1.165, 1.54) is 30.0 Å². The highest BCUT2D eigenvalue weighted by atomic mass is 19.1. The second-order valence-corrected chi connectivity index (χ2v) is 8.85. The molecule has 2 aliphatic rings. The minimum Gasteiger partial charge on any atom is -0.366 e. The monoisotopic (exact) mass is 409 g/mol. The summed E-state index contributed by atoms with van der Waals surface area (Å²) in [7, 11) is 0. The average molecular weight is 410 g/mol. The molecule has 0 atom stereocenters. The van der Waals surface area contributed by atoms with Crippen molar-refractivity contribution in [3.63, 3.8) is 0 Å². The summed E-state index contributed by atoms with van der Waals surface area (Å²) in [6.45, 7) is 8.34. The maximum absolute atomic E-state index is 14.0. The second kappa shape index (κ2) is 9.17. The first-order valence-corrected chi connectivity index (χ1v) is 11.1. The van der Waals surface area contributed by atoms with Gasteiger partial charge in [0.2, 0.25) is 5.91 Å². The minimum absolute atomic E-state index is 0.189. The number of amides is 1. The molecule has 1 heterocycles. The molecule has 4 nitrogen and oxygen atoms in total. The average Bonchev–Trinajstić information content (AvgIpc) is 3.59. The van der Waals surface area contributed by atoms with E-state index in [-0.39, 0.29) is 11.7 Å². The molecule has 160 valence electrons. The molecule has 2 fully saturated rings. The summed E-state index contributed by atoms with van der Waals surface area (Å²) in [5, 5.41) is 0. The molecule has 1 aliphatic carbocycles. The number of hydrogen-bond acceptors (Lipinski definition) is 3. The van der Waals surface area contributed by atoms with Crippen molar-refractivity contribution in [2.24, 2.45) is 0 Å². The van der Waals surface area contributed by atoms with E-state index in [9.17, 15) is 9.18 Å². The van der Waals surface area contributed by atoms with Gasteiger partial charge in [0.05, 0.1) is 12.2 Å². The third kappa shape index (κ3) is 5.01. The maximum Gasteiger partial charge on any atom is 0.236 e. The Kier molecular flexibility index (Phi) is 6.38. The molecular formula is C25H32FN3O. The van der Waals surface area contributed by atoms with Gasteiger partial charge < -0.3 is 9.80 Å². The van der Waals surface area contributed by atoms with Gasteiger partial charge in [-0.3, -0.25) is 9.69 Å². The second-order valence-electron chi connectivity index (χ2n) is 8.85. The van der Waals surface area contributed by atoms with E-state index in [2.05, 4.69) is 43.0 Å². The molecule has 30 heavy (non-hydrogen) atoms. The van der Waals surface area contributed by atoms with Gasteiger partial charge in [0.15, 0.2) is 0 Å². The van der Waals surface area contributed by atoms with Crippen LogP contribution in [-0.2, 0) is 11.3 Å². The fourth-order valence-electron chi connectivity index (χ4n) is 4.17. The van der Waals surface area contributed by atoms with Gasteiger partial charge in [0.25, 0.3) is 0 Å². The van der Waals surface area contributed by atoms with E-state index in [1.807, 2.05) is 21.9 Å². The van der Waals surface area contributed by atoms with Gasteiger partial charge >= 0.3 is 0 Å². The third-order valence-electron chi connectivity index (χ3n) is 6.26. The van der Waals surface area contributed by atoms with E-state index in [1.54, 1.807) is 6.07 Å². The largest absolute Gasteiger partial charge is 0.366 e. The standard InChI is InChI=1S/C25H32FN3O/c1-19(2)21-9-7-20(8-10-21)17-29(22-11-12-22)18-25(30)28-15-13-27(14-16-28)24-6-4-3-5-23(24)26/h3-10,19,22H,11-18H2,1-2H3. The van der Waals surface area contributed by atoms with Crippen LogP contribution in [0.15, 0.2) is 48.5 Å². The smallest absolute Gasteiger partial charge is 0.236 e. The lowest BCUT2D eigenvalue weighted by Crippen LogP contribution is -2.51. The number of nitrogens with zero attached hydrogens (tertiary/aromatic N) is 3. The van der Waals surface area contributed by atoms with Crippen molar-refractivity contribution >= 4 is 11.6 Å². The van der Waals surface area contributed by atoms with Crippen LogP contribution < -0.4 is 4.90 Å². The van der Waals surface area contributed by atoms with Crippen LogP contribution in [0.1, 0.15) is 43.7 Å². The number of benzene rings is 2. The van der Waals surface area contributed by atoms with E-state index < -0.39 is 0 Å². The molecule has 0 unspecified atom stereocenters. The molecule has 0 N–H and O–H groups in total. The molecule has 1 amide bonds. The zero-order valence-corrected chi connectivity index (χ0v) is 18.1. The predicted octanol–water partition coefficient (Wildman–Crippen LogP) is 4.26. The quantitative estimate of drug-likeness (QED) is 0.684. The molecule has 1 saturated heterocycles. The molecule has 0 spiro atoms. The lowest BCUT2D eigenvalue weighted by molar-refractivity contribution is -0.133. The summed E-state index contributed by atoms with van der Waals surface area (Å²) in [6.07, 6.45) is 2.36. The molecule has 2 aromatic rings. The molecule has 1 saturated carbocycles. The number of hydrogen-bond donors (Lipinski definition) is 0. The Morgan fingerprint density at radius 2 is 1.70 bits per heavy atom. The lowest BCUT2D eigenvalue weighted by atomic mass is 10.0. The number of carbonyl (C=O) groups excluding carboxylic acids is 1. The van der Waals surface area contributed by atoms with E-state index in [0.717, 1.165) is 6.54 Å². The number of piperazine rings is 1. The van der Waals surface area contributed by atoms with Crippen molar-refractivity contribution in [3.8, 4) is 0 Å². The number of carbonyl (C=O) groups is 1. The molecule has 4 rings (SSSR count). The minimum atomic E-state index is -0.194. The van der Waals surface area contributed by atoms with Gasteiger partial charge in [-0.15, -0.1) is 0 Å². The molecule has 2 aromatic carbocycles. The van der Waals surface area contributed by atoms with Gasteiger partial charge in [-0.25, -0.2) is 4.39 Å². The number of para-hydroxylation sites is 1. The summed E-state index contributed by atoms with van der Waals surface area (Å²) >= 11 is 0. The summed E-state index contributed by atoms with van der Waals surface area (Å²) < 4.78 is 14.0. The maximum atomic E-state index is 14.0. The zero-order valence-electron chi connectivity index (χ0n) is 18.1. The van der Waals surface area contributed by atoms with Crippen molar-refractivity contribution in [3.05, 3.63) is 65.5 Å². The van der Waals surface area contributed by atoms with Gasteiger partial charge in [-0.1, -0.05) is 50.2 Å².